The molecule has 1 fully saturated rings. The highest BCUT2D eigenvalue weighted by Crippen LogP contribution is 2.42. The Hall–Kier alpha value is -3.30. The maximum Gasteiger partial charge on any atom is 0.293 e. The van der Waals surface area contributed by atoms with E-state index in [1.165, 1.54) is 17.9 Å². The largest absolute Gasteiger partial charge is 0.373 e. The van der Waals surface area contributed by atoms with E-state index in [1.807, 2.05) is 6.92 Å². The summed E-state index contributed by atoms with van der Waals surface area (Å²) in [7, 11) is 0. The highest BCUT2D eigenvalue weighted by Gasteiger charge is 2.33. The normalized spacial score (nSPS) is 18.4. The molecule has 0 bridgehead atoms. The van der Waals surface area contributed by atoms with Crippen molar-refractivity contribution in [3.8, 4) is 22.4 Å². The lowest BCUT2D eigenvalue weighted by molar-refractivity contribution is -0.0138. The molecular formula is C23H20F3N3O3. The number of pyridine rings is 2. The number of hydrogen-bond acceptors (Lipinski definition) is 5. The van der Waals surface area contributed by atoms with Crippen molar-refractivity contribution >= 4 is 5.91 Å². The number of amides is 1. The van der Waals surface area contributed by atoms with Gasteiger partial charge in [-0.15, -0.1) is 0 Å². The topological polar surface area (TPSA) is 84.3 Å². The third-order valence-electron chi connectivity index (χ3n) is 5.47. The SMILES string of the molecule is CC1CCC(c2c(F)c(-c3c(F)cccc3F)nc(C(=O)NO)c2-c2cccnc2)OC1. The zero-order valence-electron chi connectivity index (χ0n) is 17.1. The Bertz CT molecular complexity index is 1130. The first kappa shape index (κ1) is 21.9. The minimum absolute atomic E-state index is 0.0437. The molecular weight excluding hydrogens is 423 g/mol. The Kier molecular flexibility index (Phi) is 6.20. The standard InChI is InChI=1S/C23H20F3N3O3/c1-12-7-8-16(32-11-12)19-17(13-4-3-9-27-10-13)22(23(30)29-31)28-21(20(19)26)18-14(24)5-2-6-15(18)25/h2-6,9-10,12,16,31H,7-8,11H2,1H3,(H,29,30). The van der Waals surface area contributed by atoms with Gasteiger partial charge in [-0.3, -0.25) is 15.0 Å². The molecule has 1 aromatic carbocycles. The van der Waals surface area contributed by atoms with Crippen LogP contribution in [0.1, 0.15) is 41.9 Å². The number of nitrogens with one attached hydrogen (secondary N) is 1. The summed E-state index contributed by atoms with van der Waals surface area (Å²) in [6.07, 6.45) is 3.27. The number of carbonyl (C=O) groups is 1. The van der Waals surface area contributed by atoms with E-state index < -0.39 is 46.4 Å². The van der Waals surface area contributed by atoms with Crippen LogP contribution in [0.25, 0.3) is 22.4 Å². The minimum atomic E-state index is -1.06. The summed E-state index contributed by atoms with van der Waals surface area (Å²) < 4.78 is 51.0. The van der Waals surface area contributed by atoms with Crippen LogP contribution in [0.15, 0.2) is 42.7 Å². The molecule has 32 heavy (non-hydrogen) atoms. The minimum Gasteiger partial charge on any atom is -0.373 e. The molecule has 3 aromatic rings. The van der Waals surface area contributed by atoms with Crippen LogP contribution in [0.2, 0.25) is 0 Å². The first-order chi connectivity index (χ1) is 15.4. The van der Waals surface area contributed by atoms with Crippen molar-refractivity contribution in [2.45, 2.75) is 25.9 Å². The molecule has 3 heterocycles. The molecule has 9 heteroatoms. The summed E-state index contributed by atoms with van der Waals surface area (Å²) in [4.78, 5) is 20.6. The molecule has 1 saturated heterocycles. The predicted molar refractivity (Wildman–Crippen MR) is 109 cm³/mol. The lowest BCUT2D eigenvalue weighted by atomic mass is 9.88. The molecule has 0 radical (unpaired) electrons. The lowest BCUT2D eigenvalue weighted by Gasteiger charge is -2.30. The van der Waals surface area contributed by atoms with Crippen molar-refractivity contribution in [1.29, 1.82) is 0 Å². The van der Waals surface area contributed by atoms with Crippen LogP contribution in [0.4, 0.5) is 13.2 Å². The molecule has 166 valence electrons. The predicted octanol–water partition coefficient (Wildman–Crippen LogP) is 4.83. The van der Waals surface area contributed by atoms with E-state index in [2.05, 4.69) is 9.97 Å². The first-order valence-corrected chi connectivity index (χ1v) is 10.1. The van der Waals surface area contributed by atoms with Crippen LogP contribution in [-0.4, -0.2) is 27.7 Å². The first-order valence-electron chi connectivity index (χ1n) is 10.1. The molecule has 0 aliphatic carbocycles. The smallest absolute Gasteiger partial charge is 0.293 e. The van der Waals surface area contributed by atoms with E-state index in [1.54, 1.807) is 12.1 Å². The molecule has 1 aliphatic rings. The van der Waals surface area contributed by atoms with Crippen molar-refractivity contribution in [3.05, 3.63) is 71.4 Å². The summed E-state index contributed by atoms with van der Waals surface area (Å²) >= 11 is 0. The molecule has 2 N–H and O–H groups in total. The Balaban J connectivity index is 2.07. The molecule has 0 saturated carbocycles. The number of halogens is 3. The van der Waals surface area contributed by atoms with Crippen LogP contribution in [0.3, 0.4) is 0 Å². The second-order valence-electron chi connectivity index (χ2n) is 7.70. The fraction of sp³-hybridized carbons (Fsp3) is 0.261. The Morgan fingerprint density at radius 2 is 1.88 bits per heavy atom. The van der Waals surface area contributed by atoms with Gasteiger partial charge >= 0.3 is 0 Å². The van der Waals surface area contributed by atoms with Gasteiger partial charge in [0.1, 0.15) is 23.0 Å². The van der Waals surface area contributed by atoms with Crippen molar-refractivity contribution < 1.29 is 27.9 Å². The van der Waals surface area contributed by atoms with Crippen LogP contribution >= 0.6 is 0 Å². The van der Waals surface area contributed by atoms with Gasteiger partial charge in [-0.1, -0.05) is 19.1 Å². The van der Waals surface area contributed by atoms with Gasteiger partial charge in [-0.05, 0) is 37.0 Å². The van der Waals surface area contributed by atoms with Gasteiger partial charge < -0.3 is 4.74 Å². The Morgan fingerprint density at radius 3 is 2.47 bits per heavy atom. The number of carbonyl (C=O) groups excluding carboxylic acids is 1. The van der Waals surface area contributed by atoms with Crippen molar-refractivity contribution in [3.63, 3.8) is 0 Å². The van der Waals surface area contributed by atoms with Crippen LogP contribution < -0.4 is 5.48 Å². The number of hydroxylamine groups is 1. The molecule has 1 aliphatic heterocycles. The van der Waals surface area contributed by atoms with Gasteiger partial charge in [-0.2, -0.15) is 0 Å². The van der Waals surface area contributed by atoms with Crippen molar-refractivity contribution in [1.82, 2.24) is 15.4 Å². The van der Waals surface area contributed by atoms with Crippen LogP contribution in [-0.2, 0) is 4.74 Å². The number of benzene rings is 1. The monoisotopic (exact) mass is 443 g/mol. The van der Waals surface area contributed by atoms with Crippen LogP contribution in [0, 0.1) is 23.4 Å². The zero-order valence-corrected chi connectivity index (χ0v) is 17.1. The van der Waals surface area contributed by atoms with Gasteiger partial charge in [-0.25, -0.2) is 23.6 Å². The number of nitrogens with zero attached hydrogens (tertiary/aromatic N) is 2. The highest BCUT2D eigenvalue weighted by molar-refractivity contribution is 6.00. The van der Waals surface area contributed by atoms with Gasteiger partial charge in [0.05, 0.1) is 11.7 Å². The van der Waals surface area contributed by atoms with E-state index in [0.717, 1.165) is 24.6 Å². The Morgan fingerprint density at radius 1 is 1.12 bits per heavy atom. The molecule has 6 nitrogen and oxygen atoms in total. The van der Waals surface area contributed by atoms with E-state index in [9.17, 15) is 18.8 Å². The number of aromatic nitrogens is 2. The molecule has 2 aromatic heterocycles. The van der Waals surface area contributed by atoms with Gasteiger partial charge in [0.2, 0.25) is 0 Å². The molecule has 1 amide bonds. The molecule has 2 atom stereocenters. The summed E-state index contributed by atoms with van der Waals surface area (Å²) in [6.45, 7) is 2.34. The summed E-state index contributed by atoms with van der Waals surface area (Å²) in [5, 5.41) is 9.31. The fourth-order valence-electron chi connectivity index (χ4n) is 3.90. The quantitative estimate of drug-likeness (QED) is 0.446. The van der Waals surface area contributed by atoms with E-state index in [0.29, 0.717) is 18.6 Å². The number of rotatable bonds is 4. The maximum atomic E-state index is 16.0. The Labute approximate surface area is 182 Å². The summed E-state index contributed by atoms with van der Waals surface area (Å²) in [6, 6.07) is 6.27. The van der Waals surface area contributed by atoms with Crippen LogP contribution in [0.5, 0.6) is 0 Å². The average Bonchev–Trinajstić information content (AvgIpc) is 2.80. The zero-order chi connectivity index (χ0) is 22.8. The third kappa shape index (κ3) is 3.96. The summed E-state index contributed by atoms with van der Waals surface area (Å²) in [5.41, 5.74) is 0.0201. The lowest BCUT2D eigenvalue weighted by Crippen LogP contribution is -2.25. The van der Waals surface area contributed by atoms with Gasteiger partial charge in [0, 0.05) is 35.7 Å². The maximum absolute atomic E-state index is 16.0. The van der Waals surface area contributed by atoms with Crippen molar-refractivity contribution in [2.75, 3.05) is 6.61 Å². The summed E-state index contributed by atoms with van der Waals surface area (Å²) in [5.74, 6) is -3.88. The second-order valence-corrected chi connectivity index (χ2v) is 7.70. The van der Waals surface area contributed by atoms with E-state index in [4.69, 9.17) is 4.74 Å². The van der Waals surface area contributed by atoms with E-state index in [-0.39, 0.29) is 17.0 Å². The molecule has 2 unspecified atom stereocenters. The van der Waals surface area contributed by atoms with Crippen molar-refractivity contribution in [2.24, 2.45) is 5.92 Å². The highest BCUT2D eigenvalue weighted by atomic mass is 19.1. The number of ether oxygens (including phenoxy) is 1. The third-order valence-corrected chi connectivity index (χ3v) is 5.47. The van der Waals surface area contributed by atoms with Gasteiger partial charge in [0.25, 0.3) is 5.91 Å². The fourth-order valence-corrected chi connectivity index (χ4v) is 3.90. The average molecular weight is 443 g/mol. The number of hydrogen-bond donors (Lipinski definition) is 2. The van der Waals surface area contributed by atoms with Gasteiger partial charge in [0.15, 0.2) is 5.82 Å². The molecule has 0 spiro atoms. The second kappa shape index (κ2) is 9.05. The molecule has 4 rings (SSSR count). The van der Waals surface area contributed by atoms with E-state index >= 15 is 4.39 Å².